The van der Waals surface area contributed by atoms with Crippen LogP contribution >= 0.6 is 7.14 Å². The zero-order valence-corrected chi connectivity index (χ0v) is 19.2. The molecule has 0 unspecified atom stereocenters. The fourth-order valence-electron chi connectivity index (χ4n) is 4.22. The van der Waals surface area contributed by atoms with Crippen LogP contribution in [0.4, 0.5) is 19.0 Å². The molecular weight excluding hydrogens is 470 g/mol. The van der Waals surface area contributed by atoms with Gasteiger partial charge in [-0.25, -0.2) is 0 Å². The minimum atomic E-state index is -4.57. The topological polar surface area (TPSA) is 98.3 Å². The second kappa shape index (κ2) is 8.70. The highest BCUT2D eigenvalue weighted by molar-refractivity contribution is 7.71. The van der Waals surface area contributed by atoms with Crippen molar-refractivity contribution in [1.29, 1.82) is 0 Å². The van der Waals surface area contributed by atoms with Crippen molar-refractivity contribution in [3.8, 4) is 11.8 Å². The van der Waals surface area contributed by atoms with Crippen LogP contribution in [-0.4, -0.2) is 53.6 Å². The van der Waals surface area contributed by atoms with Gasteiger partial charge in [-0.2, -0.15) is 23.1 Å². The van der Waals surface area contributed by atoms with Crippen molar-refractivity contribution in [1.82, 2.24) is 20.3 Å². The maximum absolute atomic E-state index is 13.7. The number of nitrogens with zero attached hydrogens (tertiary/aromatic N) is 3. The Bertz CT molecular complexity index is 1280. The van der Waals surface area contributed by atoms with Gasteiger partial charge >= 0.3 is 12.2 Å². The van der Waals surface area contributed by atoms with E-state index in [-0.39, 0.29) is 25.0 Å². The number of hydrogen-bond acceptors (Lipinski definition) is 8. The number of rotatable bonds is 1. The summed E-state index contributed by atoms with van der Waals surface area (Å²) in [6.07, 6.45) is -2.00. The predicted octanol–water partition coefficient (Wildman–Crippen LogP) is 3.58. The molecule has 2 aliphatic heterocycles. The summed E-state index contributed by atoms with van der Waals surface area (Å²) in [6.45, 7) is 2.88. The van der Waals surface area contributed by atoms with Crippen molar-refractivity contribution in [3.05, 3.63) is 41.6 Å². The van der Waals surface area contributed by atoms with Crippen LogP contribution in [0.1, 0.15) is 24.1 Å². The second-order valence-corrected chi connectivity index (χ2v) is 11.4. The highest BCUT2D eigenvalue weighted by atomic mass is 31.2. The molecule has 1 saturated heterocycles. The van der Waals surface area contributed by atoms with E-state index < -0.39 is 24.9 Å². The van der Waals surface area contributed by atoms with Crippen LogP contribution in [0.3, 0.4) is 0 Å². The first-order chi connectivity index (χ1) is 16.2. The first kappa shape index (κ1) is 22.9. The fraction of sp³-hybridized carbons (Fsp3) is 0.409. The molecule has 4 heterocycles. The monoisotopic (exact) mass is 493 g/mol. The van der Waals surface area contributed by atoms with Gasteiger partial charge in [0.15, 0.2) is 0 Å². The van der Waals surface area contributed by atoms with Crippen molar-refractivity contribution in [3.63, 3.8) is 0 Å². The van der Waals surface area contributed by atoms with Gasteiger partial charge in [-0.3, -0.25) is 4.98 Å². The van der Waals surface area contributed by atoms with E-state index in [0.717, 1.165) is 6.07 Å². The van der Waals surface area contributed by atoms with Gasteiger partial charge in [0.2, 0.25) is 0 Å². The molecule has 1 fully saturated rings. The summed E-state index contributed by atoms with van der Waals surface area (Å²) in [5.74, 6) is 0.121. The molecule has 8 nitrogen and oxygen atoms in total. The zero-order chi connectivity index (χ0) is 23.9. The van der Waals surface area contributed by atoms with Gasteiger partial charge in [0.25, 0.3) is 0 Å². The molecule has 3 aromatic rings. The van der Waals surface area contributed by atoms with Gasteiger partial charge < -0.3 is 24.7 Å². The van der Waals surface area contributed by atoms with Gasteiger partial charge in [0.05, 0.1) is 23.3 Å². The molecule has 34 heavy (non-hydrogen) atoms. The SMILES string of the molecule is C[C@H]1Nc2nc(nc3cnc(P4(=O)CCNCC4)cc23)OCCOc2c1cccc2C(F)(F)F. The number of pyridine rings is 1. The van der Waals surface area contributed by atoms with Crippen molar-refractivity contribution in [2.75, 3.05) is 43.9 Å². The van der Waals surface area contributed by atoms with Crippen LogP contribution in [0.2, 0.25) is 0 Å². The van der Waals surface area contributed by atoms with Crippen LogP contribution < -0.4 is 25.5 Å². The molecule has 2 bridgehead atoms. The summed E-state index contributed by atoms with van der Waals surface area (Å²) >= 11 is 0. The van der Waals surface area contributed by atoms with E-state index >= 15 is 0 Å². The summed E-state index contributed by atoms with van der Waals surface area (Å²) < 4.78 is 65.6. The fourth-order valence-corrected chi connectivity index (χ4v) is 6.58. The number of benzene rings is 1. The largest absolute Gasteiger partial charge is 0.489 e. The third-order valence-electron chi connectivity index (χ3n) is 6.00. The van der Waals surface area contributed by atoms with E-state index in [1.807, 2.05) is 0 Å². The van der Waals surface area contributed by atoms with E-state index in [0.29, 0.717) is 53.1 Å². The Labute approximate surface area is 193 Å². The van der Waals surface area contributed by atoms with Gasteiger partial charge in [0, 0.05) is 36.4 Å². The molecular formula is C22H23F3N5O3P. The Kier molecular flexibility index (Phi) is 5.85. The standard InChI is InChI=1S/C22H23F3N5O3P/c1-13-14-3-2-4-16(22(23,24)25)19(14)32-7-8-33-21-29-17-12-27-18(11-15(17)20(28-13)30-21)34(31)9-5-26-6-10-34/h2-4,11-13,26H,5-10H2,1H3,(H,28,29,30)/t13-/m1/s1. The molecule has 0 amide bonds. The molecule has 1 aromatic carbocycles. The first-order valence-electron chi connectivity index (χ1n) is 10.9. The predicted molar refractivity (Wildman–Crippen MR) is 122 cm³/mol. The van der Waals surface area contributed by atoms with Crippen molar-refractivity contribution in [2.45, 2.75) is 19.1 Å². The first-order valence-corrected chi connectivity index (χ1v) is 13.0. The summed E-state index contributed by atoms with van der Waals surface area (Å²) in [7, 11) is -2.66. The Morgan fingerprint density at radius 3 is 2.65 bits per heavy atom. The molecule has 0 radical (unpaired) electrons. The van der Waals surface area contributed by atoms with E-state index in [9.17, 15) is 17.7 Å². The summed E-state index contributed by atoms with van der Waals surface area (Å²) in [5.41, 5.74) is 0.470. The number of ether oxygens (including phenoxy) is 2. The number of aromatic nitrogens is 3. The zero-order valence-electron chi connectivity index (χ0n) is 18.4. The lowest BCUT2D eigenvalue weighted by Crippen LogP contribution is -2.33. The highest BCUT2D eigenvalue weighted by Gasteiger charge is 2.36. The second-order valence-electron chi connectivity index (χ2n) is 8.29. The number of alkyl halides is 3. The minimum absolute atomic E-state index is 0.0430. The van der Waals surface area contributed by atoms with Gasteiger partial charge in [-0.05, 0) is 19.1 Å². The van der Waals surface area contributed by atoms with Crippen LogP contribution in [-0.2, 0) is 10.7 Å². The molecule has 2 aromatic heterocycles. The number of hydrogen-bond donors (Lipinski definition) is 2. The molecule has 0 aliphatic carbocycles. The third kappa shape index (κ3) is 4.30. The average molecular weight is 493 g/mol. The Hall–Kier alpha value is -2.91. The van der Waals surface area contributed by atoms with Crippen molar-refractivity contribution < 1.29 is 27.2 Å². The summed E-state index contributed by atoms with van der Waals surface area (Å²) in [4.78, 5) is 13.3. The number of fused-ring (bicyclic) bond motifs is 5. The molecule has 12 heteroatoms. The molecule has 1 atom stereocenters. The quantitative estimate of drug-likeness (QED) is 0.497. The van der Waals surface area contributed by atoms with Crippen LogP contribution in [0, 0.1) is 0 Å². The molecule has 2 N–H and O–H groups in total. The Balaban J connectivity index is 1.61. The summed E-state index contributed by atoms with van der Waals surface area (Å²) in [6, 6.07) is 5.13. The smallest absolute Gasteiger partial charge is 0.419 e. The van der Waals surface area contributed by atoms with E-state index in [4.69, 9.17) is 9.47 Å². The minimum Gasteiger partial charge on any atom is -0.489 e. The summed E-state index contributed by atoms with van der Waals surface area (Å²) in [5, 5.41) is 6.97. The maximum atomic E-state index is 13.7. The maximum Gasteiger partial charge on any atom is 0.419 e. The molecule has 0 saturated carbocycles. The highest BCUT2D eigenvalue weighted by Crippen LogP contribution is 2.45. The van der Waals surface area contributed by atoms with Gasteiger partial charge in [-0.1, -0.05) is 12.1 Å². The molecule has 0 spiro atoms. The molecule has 180 valence electrons. The normalized spacial score (nSPS) is 20.3. The average Bonchev–Trinajstić information content (AvgIpc) is 2.83. The van der Waals surface area contributed by atoms with E-state index in [1.165, 1.54) is 6.07 Å². The van der Waals surface area contributed by atoms with E-state index in [2.05, 4.69) is 25.6 Å². The number of nitrogens with one attached hydrogen (secondary N) is 2. The lowest BCUT2D eigenvalue weighted by Gasteiger charge is -2.24. The van der Waals surface area contributed by atoms with Crippen LogP contribution in [0.5, 0.6) is 11.8 Å². The van der Waals surface area contributed by atoms with Crippen LogP contribution in [0.15, 0.2) is 30.5 Å². The Morgan fingerprint density at radius 2 is 1.88 bits per heavy atom. The Morgan fingerprint density at radius 1 is 1.12 bits per heavy atom. The van der Waals surface area contributed by atoms with E-state index in [1.54, 1.807) is 25.3 Å². The van der Waals surface area contributed by atoms with Crippen molar-refractivity contribution >= 4 is 29.3 Å². The molecule has 5 rings (SSSR count). The third-order valence-corrected chi connectivity index (χ3v) is 8.97. The number of anilines is 1. The van der Waals surface area contributed by atoms with Crippen molar-refractivity contribution in [2.24, 2.45) is 0 Å². The number of para-hydroxylation sites is 1. The van der Waals surface area contributed by atoms with Gasteiger partial charge in [0.1, 0.15) is 37.4 Å². The lowest BCUT2D eigenvalue weighted by atomic mass is 10.0. The number of halogens is 3. The molecule has 2 aliphatic rings. The van der Waals surface area contributed by atoms with Gasteiger partial charge in [-0.15, -0.1) is 0 Å². The lowest BCUT2D eigenvalue weighted by molar-refractivity contribution is -0.139. The van der Waals surface area contributed by atoms with Crippen LogP contribution in [0.25, 0.3) is 10.9 Å².